The highest BCUT2D eigenvalue weighted by Crippen LogP contribution is 2.25. The van der Waals surface area contributed by atoms with E-state index in [-0.39, 0.29) is 5.56 Å². The number of hydrogen-bond donors (Lipinski definition) is 1. The van der Waals surface area contributed by atoms with Gasteiger partial charge in [0.1, 0.15) is 11.3 Å². The third-order valence-corrected chi connectivity index (χ3v) is 4.10. The van der Waals surface area contributed by atoms with Crippen LogP contribution in [0.4, 0.5) is 0 Å². The summed E-state index contributed by atoms with van der Waals surface area (Å²) in [5, 5.41) is 13.9. The molecule has 112 valence electrons. The fourth-order valence-corrected chi connectivity index (χ4v) is 2.70. The van der Waals surface area contributed by atoms with E-state index in [1.807, 2.05) is 12.1 Å². The van der Waals surface area contributed by atoms with E-state index in [2.05, 4.69) is 22.2 Å². The van der Waals surface area contributed by atoms with Crippen molar-refractivity contribution in [3.63, 3.8) is 0 Å². The zero-order valence-corrected chi connectivity index (χ0v) is 12.4. The van der Waals surface area contributed by atoms with E-state index < -0.39 is 5.97 Å². The molecule has 1 saturated heterocycles. The average molecular weight is 303 g/mol. The van der Waals surface area contributed by atoms with Crippen LogP contribution in [0, 0.1) is 0 Å². The highest BCUT2D eigenvalue weighted by atomic mass is 16.4. The van der Waals surface area contributed by atoms with E-state index in [1.54, 1.807) is 35.4 Å². The predicted molar refractivity (Wildman–Crippen MR) is 88.8 cm³/mol. The molecular weight excluding hydrogens is 289 g/mol. The minimum absolute atomic E-state index is 0.195. The van der Waals surface area contributed by atoms with E-state index in [0.717, 1.165) is 11.3 Å². The largest absolute Gasteiger partial charge is 0.478 e. The van der Waals surface area contributed by atoms with Crippen LogP contribution in [0.5, 0.6) is 0 Å². The second-order valence-electron chi connectivity index (χ2n) is 5.74. The Bertz CT molecular complexity index is 855. The number of pyridine rings is 1. The summed E-state index contributed by atoms with van der Waals surface area (Å²) >= 11 is 0. The van der Waals surface area contributed by atoms with Gasteiger partial charge in [0.15, 0.2) is 6.71 Å². The first-order chi connectivity index (χ1) is 11.2. The molecular formula is C17H14BN3O2. The monoisotopic (exact) mass is 303 g/mol. The van der Waals surface area contributed by atoms with Crippen LogP contribution < -0.4 is 5.46 Å². The van der Waals surface area contributed by atoms with E-state index in [9.17, 15) is 9.90 Å². The van der Waals surface area contributed by atoms with Crippen LogP contribution in [0.15, 0.2) is 55.0 Å². The van der Waals surface area contributed by atoms with Gasteiger partial charge in [-0.05, 0) is 12.1 Å². The van der Waals surface area contributed by atoms with Gasteiger partial charge in [-0.2, -0.15) is 5.10 Å². The second-order valence-corrected chi connectivity index (χ2v) is 5.74. The molecule has 2 aromatic heterocycles. The standard InChI is InChI=1S/C17H14BN3O2/c22-17(23)15-11-21(14-5-9-19-10-6-14)20-16(15)12-1-3-13(4-2-12)18-7-8-18/h1-6,9-11H,7-8H2,(H,22,23). The maximum Gasteiger partial charge on any atom is 0.339 e. The molecule has 5 nitrogen and oxygen atoms in total. The van der Waals surface area contributed by atoms with Crippen LogP contribution in [-0.4, -0.2) is 32.6 Å². The summed E-state index contributed by atoms with van der Waals surface area (Å²) in [4.78, 5) is 15.5. The molecule has 0 unspecified atom stereocenters. The highest BCUT2D eigenvalue weighted by molar-refractivity contribution is 6.82. The van der Waals surface area contributed by atoms with Crippen molar-refractivity contribution < 1.29 is 9.90 Å². The molecule has 0 radical (unpaired) electrons. The van der Waals surface area contributed by atoms with E-state index in [4.69, 9.17) is 0 Å². The molecule has 1 aliphatic rings. The molecule has 0 saturated carbocycles. The fraction of sp³-hybridized carbons (Fsp3) is 0.118. The Morgan fingerprint density at radius 3 is 2.39 bits per heavy atom. The Hall–Kier alpha value is -2.89. The van der Waals surface area contributed by atoms with Crippen molar-refractivity contribution in [3.05, 3.63) is 60.6 Å². The third-order valence-electron chi connectivity index (χ3n) is 4.10. The fourth-order valence-electron chi connectivity index (χ4n) is 2.70. The molecule has 6 heteroatoms. The third kappa shape index (κ3) is 2.63. The van der Waals surface area contributed by atoms with Crippen LogP contribution in [0.25, 0.3) is 16.9 Å². The van der Waals surface area contributed by atoms with Crippen molar-refractivity contribution >= 4 is 18.1 Å². The lowest BCUT2D eigenvalue weighted by atomic mass is 9.63. The lowest BCUT2D eigenvalue weighted by Gasteiger charge is -2.02. The van der Waals surface area contributed by atoms with E-state index in [0.29, 0.717) is 12.4 Å². The van der Waals surface area contributed by atoms with E-state index in [1.165, 1.54) is 18.1 Å². The molecule has 0 aliphatic carbocycles. The summed E-state index contributed by atoms with van der Waals surface area (Å²) in [5.41, 5.74) is 3.60. The molecule has 0 atom stereocenters. The summed E-state index contributed by atoms with van der Waals surface area (Å²) in [5.74, 6) is -0.980. The number of carboxylic acid groups (broad SMARTS) is 1. The van der Waals surface area contributed by atoms with Crippen LogP contribution >= 0.6 is 0 Å². The Morgan fingerprint density at radius 2 is 1.78 bits per heavy atom. The summed E-state index contributed by atoms with van der Waals surface area (Å²) in [6.07, 6.45) is 7.34. The Balaban J connectivity index is 1.77. The Morgan fingerprint density at radius 1 is 1.09 bits per heavy atom. The van der Waals surface area contributed by atoms with Gasteiger partial charge in [0.05, 0.1) is 5.69 Å². The van der Waals surface area contributed by atoms with Gasteiger partial charge in [-0.1, -0.05) is 42.4 Å². The summed E-state index contributed by atoms with van der Waals surface area (Å²) in [6, 6.07) is 11.6. The molecule has 0 spiro atoms. The lowest BCUT2D eigenvalue weighted by Crippen LogP contribution is -2.13. The first-order valence-corrected chi connectivity index (χ1v) is 7.56. The van der Waals surface area contributed by atoms with Crippen molar-refractivity contribution in [3.8, 4) is 16.9 Å². The lowest BCUT2D eigenvalue weighted by molar-refractivity contribution is 0.0697. The van der Waals surface area contributed by atoms with Gasteiger partial charge < -0.3 is 5.11 Å². The number of carbonyl (C=O) groups is 1. The first kappa shape index (κ1) is 13.8. The summed E-state index contributed by atoms with van der Waals surface area (Å²) in [7, 11) is 0. The molecule has 1 N–H and O–H groups in total. The average Bonchev–Trinajstić information content (AvgIpc) is 3.34. The summed E-state index contributed by atoms with van der Waals surface area (Å²) in [6.45, 7) is 0.678. The normalized spacial score (nSPS) is 13.1. The number of rotatable bonds is 4. The Kier molecular flexibility index (Phi) is 3.22. The van der Waals surface area contributed by atoms with Crippen molar-refractivity contribution in [2.24, 2.45) is 0 Å². The van der Waals surface area contributed by atoms with Gasteiger partial charge in [0.25, 0.3) is 0 Å². The molecule has 1 aliphatic heterocycles. The predicted octanol–water partition coefficient (Wildman–Crippen LogP) is 2.35. The number of hydrogen-bond acceptors (Lipinski definition) is 3. The van der Waals surface area contributed by atoms with Crippen molar-refractivity contribution in [2.75, 3.05) is 0 Å². The van der Waals surface area contributed by atoms with Crippen molar-refractivity contribution in [1.82, 2.24) is 14.8 Å². The van der Waals surface area contributed by atoms with Gasteiger partial charge in [-0.15, -0.1) is 0 Å². The zero-order valence-electron chi connectivity index (χ0n) is 12.4. The SMILES string of the molecule is O=C(O)c1cn(-c2ccncc2)nc1-c1ccc(B2CC2)cc1. The van der Waals surface area contributed by atoms with Gasteiger partial charge in [-0.25, -0.2) is 9.48 Å². The van der Waals surface area contributed by atoms with Crippen molar-refractivity contribution in [1.29, 1.82) is 0 Å². The highest BCUT2D eigenvalue weighted by Gasteiger charge is 2.28. The first-order valence-electron chi connectivity index (χ1n) is 7.56. The molecule has 4 rings (SSSR count). The van der Waals surface area contributed by atoms with Gasteiger partial charge in [0, 0.05) is 24.2 Å². The maximum atomic E-state index is 11.6. The van der Waals surface area contributed by atoms with Crippen LogP contribution in [0.1, 0.15) is 10.4 Å². The smallest absolute Gasteiger partial charge is 0.339 e. The minimum atomic E-state index is -0.980. The number of nitrogens with zero attached hydrogens (tertiary/aromatic N) is 3. The molecule has 3 heterocycles. The maximum absolute atomic E-state index is 11.6. The van der Waals surface area contributed by atoms with Crippen LogP contribution in [-0.2, 0) is 0 Å². The van der Waals surface area contributed by atoms with Gasteiger partial charge in [0.2, 0.25) is 0 Å². The number of aromatic carboxylic acids is 1. The molecule has 1 fully saturated rings. The van der Waals surface area contributed by atoms with Crippen LogP contribution in [0.2, 0.25) is 12.6 Å². The minimum Gasteiger partial charge on any atom is -0.478 e. The quantitative estimate of drug-likeness (QED) is 0.751. The van der Waals surface area contributed by atoms with Crippen molar-refractivity contribution in [2.45, 2.75) is 12.6 Å². The molecule has 3 aromatic rings. The number of benzene rings is 1. The molecule has 0 amide bonds. The van der Waals surface area contributed by atoms with E-state index >= 15 is 0 Å². The van der Waals surface area contributed by atoms with Gasteiger partial charge >= 0.3 is 5.97 Å². The molecule has 0 bridgehead atoms. The topological polar surface area (TPSA) is 68.0 Å². The second kappa shape index (κ2) is 5.39. The number of carboxylic acids is 1. The molecule has 1 aromatic carbocycles. The van der Waals surface area contributed by atoms with Crippen LogP contribution in [0.3, 0.4) is 0 Å². The number of aromatic nitrogens is 3. The zero-order chi connectivity index (χ0) is 15.8. The van der Waals surface area contributed by atoms with Gasteiger partial charge in [-0.3, -0.25) is 4.98 Å². The Labute approximate surface area is 133 Å². The molecule has 23 heavy (non-hydrogen) atoms. The summed E-state index contributed by atoms with van der Waals surface area (Å²) < 4.78 is 1.58.